The van der Waals surface area contributed by atoms with E-state index in [1.807, 2.05) is 42.1 Å². The van der Waals surface area contributed by atoms with Crippen molar-refractivity contribution in [1.29, 1.82) is 0 Å². The SMILES string of the molecule is CCCCn1c(C(Cc2ccccc2)NC(=O)c2ccc3nccnc3c2)nc2cc(SCCC)ccc21. The van der Waals surface area contributed by atoms with E-state index in [4.69, 9.17) is 4.98 Å². The molecule has 1 atom stereocenters. The summed E-state index contributed by atoms with van der Waals surface area (Å²) in [7, 11) is 0. The molecule has 0 bridgehead atoms. The van der Waals surface area contributed by atoms with Gasteiger partial charge in [-0.15, -0.1) is 11.8 Å². The molecule has 0 fully saturated rings. The average molecular weight is 524 g/mol. The average Bonchev–Trinajstić information content (AvgIpc) is 3.32. The molecule has 1 unspecified atom stereocenters. The quantitative estimate of drug-likeness (QED) is 0.189. The van der Waals surface area contributed by atoms with Gasteiger partial charge < -0.3 is 9.88 Å². The van der Waals surface area contributed by atoms with Crippen LogP contribution in [0.15, 0.2) is 84.0 Å². The molecule has 194 valence electrons. The normalized spacial score (nSPS) is 12.2. The molecule has 2 heterocycles. The van der Waals surface area contributed by atoms with Crippen LogP contribution in [0.2, 0.25) is 0 Å². The van der Waals surface area contributed by atoms with Crippen molar-refractivity contribution < 1.29 is 4.79 Å². The molecule has 0 saturated heterocycles. The number of unbranched alkanes of at least 4 members (excludes halogenated alkanes) is 1. The van der Waals surface area contributed by atoms with Gasteiger partial charge in [0.25, 0.3) is 5.91 Å². The molecule has 5 rings (SSSR count). The summed E-state index contributed by atoms with van der Waals surface area (Å²) in [5.41, 5.74) is 5.27. The van der Waals surface area contributed by atoms with Crippen LogP contribution in [0.5, 0.6) is 0 Å². The monoisotopic (exact) mass is 523 g/mol. The Labute approximate surface area is 227 Å². The van der Waals surface area contributed by atoms with Gasteiger partial charge in [-0.3, -0.25) is 14.8 Å². The molecule has 0 spiro atoms. The maximum absolute atomic E-state index is 13.6. The molecule has 6 nitrogen and oxygen atoms in total. The zero-order valence-corrected chi connectivity index (χ0v) is 22.7. The van der Waals surface area contributed by atoms with Crippen molar-refractivity contribution in [2.24, 2.45) is 0 Å². The highest BCUT2D eigenvalue weighted by Gasteiger charge is 2.24. The second kappa shape index (κ2) is 12.2. The van der Waals surface area contributed by atoms with Crippen LogP contribution in [-0.2, 0) is 13.0 Å². The van der Waals surface area contributed by atoms with Gasteiger partial charge in [0.2, 0.25) is 0 Å². The van der Waals surface area contributed by atoms with Crippen LogP contribution in [0, 0.1) is 0 Å². The number of nitrogens with zero attached hydrogens (tertiary/aromatic N) is 4. The number of rotatable bonds is 11. The lowest BCUT2D eigenvalue weighted by Gasteiger charge is -2.21. The highest BCUT2D eigenvalue weighted by Crippen LogP contribution is 2.29. The smallest absolute Gasteiger partial charge is 0.251 e. The Bertz CT molecular complexity index is 1530. The van der Waals surface area contributed by atoms with Crippen molar-refractivity contribution in [1.82, 2.24) is 24.8 Å². The van der Waals surface area contributed by atoms with E-state index in [-0.39, 0.29) is 11.9 Å². The Morgan fingerprint density at radius 3 is 2.53 bits per heavy atom. The maximum Gasteiger partial charge on any atom is 0.251 e. The number of hydrogen-bond donors (Lipinski definition) is 1. The van der Waals surface area contributed by atoms with Crippen molar-refractivity contribution >= 4 is 39.7 Å². The van der Waals surface area contributed by atoms with Crippen LogP contribution in [0.25, 0.3) is 22.1 Å². The topological polar surface area (TPSA) is 72.7 Å². The van der Waals surface area contributed by atoms with Gasteiger partial charge in [-0.25, -0.2) is 4.98 Å². The Morgan fingerprint density at radius 2 is 1.74 bits per heavy atom. The lowest BCUT2D eigenvalue weighted by Crippen LogP contribution is -2.32. The number of aromatic nitrogens is 4. The number of fused-ring (bicyclic) bond motifs is 2. The van der Waals surface area contributed by atoms with Crippen molar-refractivity contribution in [3.63, 3.8) is 0 Å². The number of imidazole rings is 1. The first kappa shape index (κ1) is 25.9. The third-order valence-electron chi connectivity index (χ3n) is 6.59. The fourth-order valence-electron chi connectivity index (χ4n) is 4.66. The lowest BCUT2D eigenvalue weighted by molar-refractivity contribution is 0.0934. The van der Waals surface area contributed by atoms with E-state index in [1.165, 1.54) is 4.90 Å². The minimum atomic E-state index is -0.293. The first-order valence-corrected chi connectivity index (χ1v) is 14.3. The van der Waals surface area contributed by atoms with Gasteiger partial charge in [0.15, 0.2) is 0 Å². The molecule has 1 N–H and O–H groups in total. The number of hydrogen-bond acceptors (Lipinski definition) is 5. The zero-order chi connectivity index (χ0) is 26.3. The van der Waals surface area contributed by atoms with Gasteiger partial charge in [0.1, 0.15) is 5.82 Å². The van der Waals surface area contributed by atoms with E-state index < -0.39 is 0 Å². The van der Waals surface area contributed by atoms with Crippen molar-refractivity contribution in [3.8, 4) is 0 Å². The summed E-state index contributed by atoms with van der Waals surface area (Å²) in [5, 5.41) is 3.31. The number of carbonyl (C=O) groups excluding carboxylic acids is 1. The van der Waals surface area contributed by atoms with E-state index >= 15 is 0 Å². The molecule has 0 saturated carbocycles. The number of aryl methyl sites for hydroxylation is 1. The molecule has 0 aliphatic rings. The van der Waals surface area contributed by atoms with Crippen LogP contribution >= 0.6 is 11.8 Å². The fraction of sp³-hybridized carbons (Fsp3) is 0.290. The highest BCUT2D eigenvalue weighted by atomic mass is 32.2. The maximum atomic E-state index is 13.6. The summed E-state index contributed by atoms with van der Waals surface area (Å²) < 4.78 is 2.30. The van der Waals surface area contributed by atoms with Crippen molar-refractivity contribution in [2.75, 3.05) is 5.75 Å². The number of nitrogens with one attached hydrogen (secondary N) is 1. The second-order valence-corrected chi connectivity index (χ2v) is 10.6. The Morgan fingerprint density at radius 1 is 0.921 bits per heavy atom. The molecule has 3 aromatic carbocycles. The van der Waals surface area contributed by atoms with Crippen LogP contribution in [0.4, 0.5) is 0 Å². The van der Waals surface area contributed by atoms with Crippen LogP contribution in [0.3, 0.4) is 0 Å². The Balaban J connectivity index is 1.54. The van der Waals surface area contributed by atoms with Crippen molar-refractivity contribution in [3.05, 3.63) is 96.1 Å². The predicted octanol–water partition coefficient (Wildman–Crippen LogP) is 7.00. The van der Waals surface area contributed by atoms with Gasteiger partial charge in [-0.1, -0.05) is 50.6 Å². The molecule has 0 aliphatic heterocycles. The van der Waals surface area contributed by atoms with Crippen LogP contribution in [0.1, 0.15) is 60.9 Å². The first-order chi connectivity index (χ1) is 18.7. The van der Waals surface area contributed by atoms with Crippen LogP contribution < -0.4 is 5.32 Å². The molecule has 7 heteroatoms. The highest BCUT2D eigenvalue weighted by molar-refractivity contribution is 7.99. The lowest BCUT2D eigenvalue weighted by atomic mass is 10.0. The molecule has 2 aromatic heterocycles. The number of benzene rings is 3. The van der Waals surface area contributed by atoms with Gasteiger partial charge in [-0.05, 0) is 67.0 Å². The number of carbonyl (C=O) groups is 1. The predicted molar refractivity (Wildman–Crippen MR) is 156 cm³/mol. The van der Waals surface area contributed by atoms with Gasteiger partial charge in [-0.2, -0.15) is 0 Å². The summed E-state index contributed by atoms with van der Waals surface area (Å²) in [6.45, 7) is 5.25. The van der Waals surface area contributed by atoms with E-state index in [2.05, 4.69) is 64.0 Å². The zero-order valence-electron chi connectivity index (χ0n) is 21.9. The van der Waals surface area contributed by atoms with Crippen LogP contribution in [-0.4, -0.2) is 31.2 Å². The Kier molecular flexibility index (Phi) is 8.34. The second-order valence-electron chi connectivity index (χ2n) is 9.45. The van der Waals surface area contributed by atoms with Gasteiger partial charge in [0, 0.05) is 29.4 Å². The van der Waals surface area contributed by atoms with Gasteiger partial charge >= 0.3 is 0 Å². The summed E-state index contributed by atoms with van der Waals surface area (Å²) in [4.78, 5) is 28.6. The fourth-order valence-corrected chi connectivity index (χ4v) is 5.46. The summed E-state index contributed by atoms with van der Waals surface area (Å²) in [6.07, 6.45) is 7.20. The number of amides is 1. The molecule has 1 amide bonds. The Hall–Kier alpha value is -3.71. The molecule has 0 radical (unpaired) electrons. The molecule has 0 aliphatic carbocycles. The largest absolute Gasteiger partial charge is 0.342 e. The first-order valence-electron chi connectivity index (χ1n) is 13.3. The van der Waals surface area contributed by atoms with E-state index in [9.17, 15) is 4.79 Å². The van der Waals surface area contributed by atoms with E-state index in [0.29, 0.717) is 17.5 Å². The minimum absolute atomic E-state index is 0.147. The summed E-state index contributed by atoms with van der Waals surface area (Å²) >= 11 is 1.86. The standard InChI is InChI=1S/C31H33N5OS/c1-3-5-17-36-29-14-12-24(38-18-4-2)21-27(29)34-30(36)28(19-22-9-7-6-8-10-22)35-31(37)23-11-13-25-26(20-23)33-16-15-32-25/h6-16,20-21,28H,3-5,17-19H2,1-2H3,(H,35,37). The minimum Gasteiger partial charge on any atom is -0.342 e. The summed E-state index contributed by atoms with van der Waals surface area (Å²) in [5.74, 6) is 1.83. The molecular formula is C31H33N5OS. The molecule has 38 heavy (non-hydrogen) atoms. The summed E-state index contributed by atoms with van der Waals surface area (Å²) in [6, 6.07) is 22.0. The van der Waals surface area contributed by atoms with Crippen molar-refractivity contribution in [2.45, 2.75) is 57.0 Å². The molecular weight excluding hydrogens is 490 g/mol. The van der Waals surface area contributed by atoms with Gasteiger partial charge in [0.05, 0.1) is 28.1 Å². The van der Waals surface area contributed by atoms with E-state index in [0.717, 1.165) is 59.5 Å². The van der Waals surface area contributed by atoms with E-state index in [1.54, 1.807) is 18.5 Å². The third kappa shape index (κ3) is 5.89. The molecule has 5 aromatic rings. The number of thioether (sulfide) groups is 1. The third-order valence-corrected chi connectivity index (χ3v) is 7.79.